The molecule has 0 aliphatic rings. The van der Waals surface area contributed by atoms with Crippen molar-refractivity contribution in [3.8, 4) is 17.4 Å². The van der Waals surface area contributed by atoms with E-state index in [0.29, 0.717) is 11.1 Å². The molecule has 0 fully saturated rings. The van der Waals surface area contributed by atoms with Crippen LogP contribution in [0.15, 0.2) is 42.6 Å². The minimum Gasteiger partial charge on any atom is -0.508 e. The molecule has 0 radical (unpaired) electrons. The van der Waals surface area contributed by atoms with Crippen molar-refractivity contribution in [2.75, 3.05) is 5.73 Å². The van der Waals surface area contributed by atoms with Crippen molar-refractivity contribution >= 4 is 16.5 Å². The molecule has 5 heteroatoms. The van der Waals surface area contributed by atoms with Gasteiger partial charge in [-0.2, -0.15) is 0 Å². The monoisotopic (exact) mass is 284 g/mol. The first kappa shape index (κ1) is 13.2. The van der Waals surface area contributed by atoms with Crippen molar-refractivity contribution < 1.29 is 14.2 Å². The molecule has 0 amide bonds. The zero-order chi connectivity index (χ0) is 15.0. The van der Waals surface area contributed by atoms with Crippen LogP contribution in [0.25, 0.3) is 10.8 Å². The number of halogens is 1. The lowest BCUT2D eigenvalue weighted by atomic mass is 10.1. The third kappa shape index (κ3) is 2.45. The van der Waals surface area contributed by atoms with Crippen LogP contribution >= 0.6 is 0 Å². The highest BCUT2D eigenvalue weighted by atomic mass is 19.1. The maximum Gasteiger partial charge on any atom is 0.227 e. The molecule has 0 atom stereocenters. The predicted molar refractivity (Wildman–Crippen MR) is 79.0 cm³/mol. The third-order valence-electron chi connectivity index (χ3n) is 3.24. The molecule has 0 aliphatic heterocycles. The number of pyridine rings is 1. The number of anilines is 1. The molecular weight excluding hydrogens is 271 g/mol. The van der Waals surface area contributed by atoms with Gasteiger partial charge in [-0.1, -0.05) is 6.07 Å². The largest absolute Gasteiger partial charge is 0.508 e. The first-order valence-corrected chi connectivity index (χ1v) is 6.36. The Balaban J connectivity index is 2.10. The predicted octanol–water partition coefficient (Wildman–Crippen LogP) is 3.76. The fourth-order valence-electron chi connectivity index (χ4n) is 2.06. The minimum absolute atomic E-state index is 0.0463. The van der Waals surface area contributed by atoms with E-state index in [4.69, 9.17) is 10.5 Å². The SMILES string of the molecule is Cc1cc(Oc2nccc3ccc(O)cc23)c(F)cc1N. The number of aromatic nitrogens is 1. The number of nitrogen functional groups attached to an aromatic ring is 1. The molecule has 106 valence electrons. The van der Waals surface area contributed by atoms with Crippen LogP contribution in [0.1, 0.15) is 5.56 Å². The van der Waals surface area contributed by atoms with Gasteiger partial charge in [-0.3, -0.25) is 0 Å². The molecule has 4 nitrogen and oxygen atoms in total. The molecule has 3 N–H and O–H groups in total. The maximum atomic E-state index is 13.9. The number of hydrogen-bond acceptors (Lipinski definition) is 4. The lowest BCUT2D eigenvalue weighted by Gasteiger charge is -2.10. The van der Waals surface area contributed by atoms with Gasteiger partial charge in [0.2, 0.25) is 5.88 Å². The number of nitrogens with zero attached hydrogens (tertiary/aromatic N) is 1. The zero-order valence-corrected chi connectivity index (χ0v) is 11.3. The van der Waals surface area contributed by atoms with E-state index in [1.165, 1.54) is 18.2 Å². The van der Waals surface area contributed by atoms with Gasteiger partial charge >= 0.3 is 0 Å². The van der Waals surface area contributed by atoms with Crippen molar-refractivity contribution in [3.05, 3.63) is 54.0 Å². The summed E-state index contributed by atoms with van der Waals surface area (Å²) < 4.78 is 19.5. The minimum atomic E-state index is -0.558. The number of aromatic hydroxyl groups is 1. The second-order valence-corrected chi connectivity index (χ2v) is 4.76. The van der Waals surface area contributed by atoms with Crippen molar-refractivity contribution in [2.24, 2.45) is 0 Å². The molecule has 2 aromatic carbocycles. The molecule has 21 heavy (non-hydrogen) atoms. The molecule has 0 unspecified atom stereocenters. The fourth-order valence-corrected chi connectivity index (χ4v) is 2.06. The summed E-state index contributed by atoms with van der Waals surface area (Å²) in [5.41, 5.74) is 6.73. The first-order chi connectivity index (χ1) is 10.0. The van der Waals surface area contributed by atoms with Crippen LogP contribution in [0.5, 0.6) is 17.4 Å². The van der Waals surface area contributed by atoms with Crippen LogP contribution in [-0.2, 0) is 0 Å². The van der Waals surface area contributed by atoms with Crippen LogP contribution in [0.2, 0.25) is 0 Å². The maximum absolute atomic E-state index is 13.9. The number of ether oxygens (including phenoxy) is 1. The Morgan fingerprint density at radius 2 is 2.00 bits per heavy atom. The lowest BCUT2D eigenvalue weighted by Crippen LogP contribution is -1.96. The summed E-state index contributed by atoms with van der Waals surface area (Å²) >= 11 is 0. The number of benzene rings is 2. The van der Waals surface area contributed by atoms with Gasteiger partial charge in [-0.05, 0) is 42.1 Å². The standard InChI is InChI=1S/C16H13FN2O2/c1-9-6-15(13(17)8-14(9)18)21-16-12-7-11(20)3-2-10(12)4-5-19-16/h2-8,20H,18H2,1H3. The number of aryl methyl sites for hydroxylation is 1. The van der Waals surface area contributed by atoms with E-state index < -0.39 is 5.82 Å². The number of phenolic OH excluding ortho intramolecular Hbond substituents is 1. The van der Waals surface area contributed by atoms with E-state index in [0.717, 1.165) is 10.9 Å². The first-order valence-electron chi connectivity index (χ1n) is 6.36. The van der Waals surface area contributed by atoms with E-state index in [2.05, 4.69) is 4.98 Å². The average molecular weight is 284 g/mol. The van der Waals surface area contributed by atoms with Crippen LogP contribution in [-0.4, -0.2) is 10.1 Å². The smallest absolute Gasteiger partial charge is 0.227 e. The van der Waals surface area contributed by atoms with E-state index >= 15 is 0 Å². The van der Waals surface area contributed by atoms with Crippen LogP contribution in [0.3, 0.4) is 0 Å². The molecule has 0 spiro atoms. The highest BCUT2D eigenvalue weighted by molar-refractivity contribution is 5.88. The molecule has 0 bridgehead atoms. The summed E-state index contributed by atoms with van der Waals surface area (Å²) in [6.07, 6.45) is 1.57. The number of rotatable bonds is 2. The summed E-state index contributed by atoms with van der Waals surface area (Å²) in [6, 6.07) is 9.36. The Hall–Kier alpha value is -2.82. The Kier molecular flexibility index (Phi) is 3.10. The van der Waals surface area contributed by atoms with Gasteiger partial charge in [-0.15, -0.1) is 0 Å². The van der Waals surface area contributed by atoms with Crippen molar-refractivity contribution in [3.63, 3.8) is 0 Å². The molecule has 0 saturated carbocycles. The number of hydrogen-bond donors (Lipinski definition) is 2. The number of nitrogens with two attached hydrogens (primary N) is 1. The number of fused-ring (bicyclic) bond motifs is 1. The van der Waals surface area contributed by atoms with Gasteiger partial charge in [-0.25, -0.2) is 9.37 Å². The molecule has 1 aromatic heterocycles. The zero-order valence-electron chi connectivity index (χ0n) is 11.3. The highest BCUT2D eigenvalue weighted by Crippen LogP contribution is 2.32. The summed E-state index contributed by atoms with van der Waals surface area (Å²) in [7, 11) is 0. The average Bonchev–Trinajstić information content (AvgIpc) is 2.45. The van der Waals surface area contributed by atoms with E-state index in [1.807, 2.05) is 0 Å². The van der Waals surface area contributed by atoms with Crippen LogP contribution in [0, 0.1) is 12.7 Å². The van der Waals surface area contributed by atoms with Gasteiger partial charge in [0, 0.05) is 23.3 Å². The molecule has 1 heterocycles. The molecular formula is C16H13FN2O2. The Morgan fingerprint density at radius 1 is 1.19 bits per heavy atom. The van der Waals surface area contributed by atoms with E-state index in [1.54, 1.807) is 31.3 Å². The van der Waals surface area contributed by atoms with Crippen molar-refractivity contribution in [2.45, 2.75) is 6.92 Å². The fraction of sp³-hybridized carbons (Fsp3) is 0.0625. The lowest BCUT2D eigenvalue weighted by molar-refractivity contribution is 0.431. The van der Waals surface area contributed by atoms with Gasteiger partial charge < -0.3 is 15.6 Å². The molecule has 0 saturated heterocycles. The van der Waals surface area contributed by atoms with Gasteiger partial charge in [0.15, 0.2) is 11.6 Å². The highest BCUT2D eigenvalue weighted by Gasteiger charge is 2.11. The molecule has 0 aliphatic carbocycles. The summed E-state index contributed by atoms with van der Waals surface area (Å²) in [5.74, 6) is -0.192. The van der Waals surface area contributed by atoms with Gasteiger partial charge in [0.25, 0.3) is 0 Å². The molecule has 3 aromatic rings. The van der Waals surface area contributed by atoms with Crippen molar-refractivity contribution in [1.82, 2.24) is 4.98 Å². The normalized spacial score (nSPS) is 10.8. The summed E-state index contributed by atoms with van der Waals surface area (Å²) in [6.45, 7) is 1.77. The second-order valence-electron chi connectivity index (χ2n) is 4.76. The number of phenols is 1. The van der Waals surface area contributed by atoms with Crippen LogP contribution < -0.4 is 10.5 Å². The Morgan fingerprint density at radius 3 is 2.81 bits per heavy atom. The van der Waals surface area contributed by atoms with Crippen LogP contribution in [0.4, 0.5) is 10.1 Å². The quantitative estimate of drug-likeness (QED) is 0.703. The Labute approximate surface area is 120 Å². The van der Waals surface area contributed by atoms with Gasteiger partial charge in [0.05, 0.1) is 0 Å². The van der Waals surface area contributed by atoms with E-state index in [9.17, 15) is 9.50 Å². The summed E-state index contributed by atoms with van der Waals surface area (Å²) in [5, 5.41) is 11.0. The van der Waals surface area contributed by atoms with Crippen molar-refractivity contribution in [1.29, 1.82) is 0 Å². The summed E-state index contributed by atoms with van der Waals surface area (Å²) in [4.78, 5) is 4.11. The van der Waals surface area contributed by atoms with Gasteiger partial charge in [0.1, 0.15) is 5.75 Å². The second kappa shape index (κ2) is 4.94. The Bertz CT molecular complexity index is 834. The third-order valence-corrected chi connectivity index (χ3v) is 3.24. The molecule has 3 rings (SSSR count). The van der Waals surface area contributed by atoms with E-state index in [-0.39, 0.29) is 17.4 Å². The topological polar surface area (TPSA) is 68.4 Å².